The van der Waals surface area contributed by atoms with Crippen molar-refractivity contribution in [2.45, 2.75) is 17.5 Å². The number of aromatic nitrogens is 1. The van der Waals surface area contributed by atoms with E-state index < -0.39 is 0 Å². The van der Waals surface area contributed by atoms with Crippen molar-refractivity contribution in [1.82, 2.24) is 9.88 Å². The Morgan fingerprint density at radius 3 is 2.73 bits per heavy atom. The average Bonchev–Trinajstić information content (AvgIpc) is 3.19. The fourth-order valence-corrected chi connectivity index (χ4v) is 4.44. The summed E-state index contributed by atoms with van der Waals surface area (Å²) >= 11 is 3.46. The van der Waals surface area contributed by atoms with E-state index in [1.54, 1.807) is 23.1 Å². The topological polar surface area (TPSA) is 25.4 Å². The van der Waals surface area contributed by atoms with Crippen LogP contribution >= 0.6 is 23.1 Å². The number of hydrogen-bond donors (Lipinski definition) is 0. The molecule has 0 N–H and O–H groups in total. The molecule has 1 aromatic heterocycles. The molecule has 1 aliphatic rings. The highest BCUT2D eigenvalue weighted by molar-refractivity contribution is 7.98. The zero-order valence-corrected chi connectivity index (χ0v) is 16.4. The van der Waals surface area contributed by atoms with Gasteiger partial charge in [-0.05, 0) is 24.0 Å². The summed E-state index contributed by atoms with van der Waals surface area (Å²) in [6.07, 6.45) is 2.16. The monoisotopic (exact) mass is 382 g/mol. The van der Waals surface area contributed by atoms with E-state index in [1.165, 1.54) is 16.0 Å². The van der Waals surface area contributed by atoms with Crippen molar-refractivity contribution in [3.05, 3.63) is 70.5 Å². The Hall–Kier alpha value is -1.66. The van der Waals surface area contributed by atoms with Crippen LogP contribution in [0.1, 0.15) is 16.7 Å². The number of rotatable bonds is 5. The van der Waals surface area contributed by atoms with E-state index in [0.717, 1.165) is 36.9 Å². The first-order valence-corrected chi connectivity index (χ1v) is 10.9. The van der Waals surface area contributed by atoms with Crippen LogP contribution in [0.5, 0.6) is 0 Å². The number of nitrogens with zero attached hydrogens (tertiary/aromatic N) is 2. The molecule has 134 valence electrons. The highest BCUT2D eigenvalue weighted by Gasteiger charge is 2.24. The molecule has 0 radical (unpaired) electrons. The third kappa shape index (κ3) is 4.18. The van der Waals surface area contributed by atoms with Crippen LogP contribution in [0.2, 0.25) is 0 Å². The normalized spacial score (nSPS) is 18.1. The van der Waals surface area contributed by atoms with E-state index in [9.17, 15) is 0 Å². The molecule has 3 nitrogen and oxygen atoms in total. The first kappa shape index (κ1) is 17.7. The summed E-state index contributed by atoms with van der Waals surface area (Å²) in [6, 6.07) is 19.2. The number of thioether (sulfide) groups is 1. The number of ether oxygens (including phenoxy) is 1. The first-order valence-electron chi connectivity index (χ1n) is 8.79. The molecule has 26 heavy (non-hydrogen) atoms. The van der Waals surface area contributed by atoms with Gasteiger partial charge >= 0.3 is 0 Å². The lowest BCUT2D eigenvalue weighted by atomic mass is 10.2. The lowest BCUT2D eigenvalue weighted by Gasteiger charge is -2.32. The largest absolute Gasteiger partial charge is 0.368 e. The summed E-state index contributed by atoms with van der Waals surface area (Å²) in [5.74, 6) is 0. The van der Waals surface area contributed by atoms with E-state index in [2.05, 4.69) is 71.1 Å². The van der Waals surface area contributed by atoms with Gasteiger partial charge in [0, 0.05) is 35.5 Å². The second-order valence-electron chi connectivity index (χ2n) is 6.38. The van der Waals surface area contributed by atoms with Crippen LogP contribution in [-0.4, -0.2) is 35.8 Å². The predicted octanol–water partition coefficient (Wildman–Crippen LogP) is 5.11. The van der Waals surface area contributed by atoms with Crippen molar-refractivity contribution in [1.29, 1.82) is 0 Å². The van der Waals surface area contributed by atoms with Gasteiger partial charge in [0.25, 0.3) is 0 Å². The summed E-state index contributed by atoms with van der Waals surface area (Å²) in [5, 5.41) is 3.22. The first-order chi connectivity index (χ1) is 12.8. The average molecular weight is 383 g/mol. The van der Waals surface area contributed by atoms with Crippen LogP contribution in [0.3, 0.4) is 0 Å². The Bertz CT molecular complexity index is 833. The van der Waals surface area contributed by atoms with Crippen LogP contribution in [0.4, 0.5) is 0 Å². The van der Waals surface area contributed by atoms with Gasteiger partial charge in [0.2, 0.25) is 0 Å². The minimum absolute atomic E-state index is 0.0664. The molecule has 1 atom stereocenters. The van der Waals surface area contributed by atoms with E-state index in [0.29, 0.717) is 0 Å². The molecule has 5 heteroatoms. The van der Waals surface area contributed by atoms with Crippen LogP contribution in [0, 0.1) is 0 Å². The van der Waals surface area contributed by atoms with Gasteiger partial charge in [-0.25, -0.2) is 4.98 Å². The quantitative estimate of drug-likeness (QED) is 0.573. The van der Waals surface area contributed by atoms with Crippen LogP contribution in [-0.2, 0) is 11.3 Å². The smallest absolute Gasteiger partial charge is 0.124 e. The van der Waals surface area contributed by atoms with Crippen molar-refractivity contribution in [3.63, 3.8) is 0 Å². The van der Waals surface area contributed by atoms with Gasteiger partial charge in [0.15, 0.2) is 0 Å². The van der Waals surface area contributed by atoms with Crippen molar-refractivity contribution >= 4 is 23.1 Å². The minimum Gasteiger partial charge on any atom is -0.368 e. The Labute approximate surface area is 163 Å². The zero-order valence-electron chi connectivity index (χ0n) is 14.8. The fourth-order valence-electron chi connectivity index (χ4n) is 3.17. The van der Waals surface area contributed by atoms with E-state index in [1.807, 2.05) is 0 Å². The summed E-state index contributed by atoms with van der Waals surface area (Å²) in [4.78, 5) is 8.59. The predicted molar refractivity (Wildman–Crippen MR) is 110 cm³/mol. The Kier molecular flexibility index (Phi) is 5.70. The number of thiazole rings is 1. The lowest BCUT2D eigenvalue weighted by Crippen LogP contribution is -2.37. The van der Waals surface area contributed by atoms with Gasteiger partial charge in [0.1, 0.15) is 11.1 Å². The van der Waals surface area contributed by atoms with Gasteiger partial charge in [-0.2, -0.15) is 0 Å². The molecular weight excluding hydrogens is 360 g/mol. The molecule has 4 rings (SSSR count). The third-order valence-corrected chi connectivity index (χ3v) is 6.26. The molecule has 0 bridgehead atoms. The van der Waals surface area contributed by atoms with Crippen LogP contribution in [0.15, 0.2) is 64.9 Å². The number of morpholine rings is 1. The Morgan fingerprint density at radius 2 is 1.96 bits per heavy atom. The molecule has 1 fully saturated rings. The van der Waals surface area contributed by atoms with Gasteiger partial charge < -0.3 is 4.74 Å². The standard InChI is InChI=1S/C21H22N2OS2/c1-25-18-9-7-17(8-10-18)19-15-26-21(22-19)20-14-23(11-12-24-20)13-16-5-3-2-4-6-16/h2-10,15,20H,11-14H2,1H3/t20-/m0/s1. The molecule has 0 unspecified atom stereocenters. The van der Waals surface area contributed by atoms with Crippen molar-refractivity contribution in [3.8, 4) is 11.3 Å². The minimum atomic E-state index is 0.0664. The van der Waals surface area contributed by atoms with Crippen molar-refractivity contribution in [2.24, 2.45) is 0 Å². The molecule has 0 spiro atoms. The lowest BCUT2D eigenvalue weighted by molar-refractivity contribution is -0.0329. The molecule has 0 amide bonds. The van der Waals surface area contributed by atoms with Crippen LogP contribution in [0.25, 0.3) is 11.3 Å². The van der Waals surface area contributed by atoms with Crippen molar-refractivity contribution in [2.75, 3.05) is 26.0 Å². The SMILES string of the molecule is CSc1ccc(-c2csc([C@@H]3CN(Cc4ccccc4)CCO3)n2)cc1. The van der Waals surface area contributed by atoms with Crippen LogP contribution < -0.4 is 0 Å². The molecule has 1 saturated heterocycles. The summed E-state index contributed by atoms with van der Waals surface area (Å²) < 4.78 is 6.02. The molecule has 2 aromatic carbocycles. The van der Waals surface area contributed by atoms with Gasteiger partial charge in [0.05, 0.1) is 12.3 Å². The molecule has 0 saturated carbocycles. The number of benzene rings is 2. The van der Waals surface area contributed by atoms with E-state index in [-0.39, 0.29) is 6.10 Å². The maximum atomic E-state index is 6.02. The molecular formula is C21H22N2OS2. The Morgan fingerprint density at radius 1 is 1.15 bits per heavy atom. The van der Waals surface area contributed by atoms with Crippen molar-refractivity contribution < 1.29 is 4.74 Å². The van der Waals surface area contributed by atoms with E-state index >= 15 is 0 Å². The maximum absolute atomic E-state index is 6.02. The molecule has 0 aliphatic carbocycles. The number of hydrogen-bond acceptors (Lipinski definition) is 5. The Balaban J connectivity index is 1.44. The van der Waals surface area contributed by atoms with E-state index in [4.69, 9.17) is 9.72 Å². The summed E-state index contributed by atoms with van der Waals surface area (Å²) in [6.45, 7) is 3.59. The highest BCUT2D eigenvalue weighted by atomic mass is 32.2. The van der Waals surface area contributed by atoms with Gasteiger partial charge in [-0.15, -0.1) is 23.1 Å². The highest BCUT2D eigenvalue weighted by Crippen LogP contribution is 2.30. The second kappa shape index (κ2) is 8.35. The summed E-state index contributed by atoms with van der Waals surface area (Å²) in [5.41, 5.74) is 3.56. The second-order valence-corrected chi connectivity index (χ2v) is 8.15. The molecule has 1 aliphatic heterocycles. The zero-order chi connectivity index (χ0) is 17.8. The maximum Gasteiger partial charge on any atom is 0.124 e. The summed E-state index contributed by atoms with van der Waals surface area (Å²) in [7, 11) is 0. The van der Waals surface area contributed by atoms with Gasteiger partial charge in [-0.3, -0.25) is 4.90 Å². The third-order valence-electron chi connectivity index (χ3n) is 4.58. The molecule has 2 heterocycles. The molecule has 3 aromatic rings. The fraction of sp³-hybridized carbons (Fsp3) is 0.286. The van der Waals surface area contributed by atoms with Gasteiger partial charge in [-0.1, -0.05) is 42.5 Å².